The number of benzene rings is 1. The molecule has 1 aliphatic heterocycles. The van der Waals surface area contributed by atoms with Gasteiger partial charge in [-0.3, -0.25) is 9.80 Å². The molecule has 1 aromatic carbocycles. The van der Waals surface area contributed by atoms with Crippen LogP contribution in [0, 0.1) is 13.8 Å². The SMILES string of the molecule is CCc1nn2c(C)cc(C)nc2c1Cc1ccc(/C=C/CN2CCN(CC(O)CO)CC2)cc1. The Morgan fingerprint density at radius 1 is 1.06 bits per heavy atom. The Hall–Kier alpha value is -2.58. The van der Waals surface area contributed by atoms with Crippen molar-refractivity contribution < 1.29 is 10.2 Å². The van der Waals surface area contributed by atoms with E-state index >= 15 is 0 Å². The van der Waals surface area contributed by atoms with Crippen LogP contribution in [0.2, 0.25) is 0 Å². The number of aryl methyl sites for hydroxylation is 3. The van der Waals surface area contributed by atoms with E-state index in [9.17, 15) is 5.11 Å². The fourth-order valence-corrected chi connectivity index (χ4v) is 4.67. The minimum absolute atomic E-state index is 0.170. The molecule has 3 aromatic rings. The van der Waals surface area contributed by atoms with Gasteiger partial charge in [0.25, 0.3) is 0 Å². The van der Waals surface area contributed by atoms with Crippen LogP contribution < -0.4 is 0 Å². The lowest BCUT2D eigenvalue weighted by Gasteiger charge is -2.34. The molecule has 1 atom stereocenters. The molecule has 1 fully saturated rings. The molecular weight excluding hydrogens is 426 g/mol. The van der Waals surface area contributed by atoms with Gasteiger partial charge in [0.2, 0.25) is 0 Å². The van der Waals surface area contributed by atoms with E-state index in [4.69, 9.17) is 15.2 Å². The quantitative estimate of drug-likeness (QED) is 0.508. The van der Waals surface area contributed by atoms with Crippen LogP contribution in [-0.4, -0.2) is 86.6 Å². The van der Waals surface area contributed by atoms with Crippen molar-refractivity contribution in [3.8, 4) is 0 Å². The van der Waals surface area contributed by atoms with Crippen molar-refractivity contribution in [1.29, 1.82) is 0 Å². The van der Waals surface area contributed by atoms with Crippen LogP contribution in [0.1, 0.15) is 40.7 Å². The third-order valence-corrected chi connectivity index (χ3v) is 6.59. The minimum atomic E-state index is -0.639. The molecule has 182 valence electrons. The normalized spacial score (nSPS) is 16.6. The Morgan fingerprint density at radius 3 is 2.44 bits per heavy atom. The number of hydrogen-bond acceptors (Lipinski definition) is 6. The number of fused-ring (bicyclic) bond motifs is 1. The van der Waals surface area contributed by atoms with Crippen LogP contribution >= 0.6 is 0 Å². The predicted molar refractivity (Wildman–Crippen MR) is 136 cm³/mol. The largest absolute Gasteiger partial charge is 0.394 e. The number of aliphatic hydroxyl groups is 2. The van der Waals surface area contributed by atoms with Crippen molar-refractivity contribution in [2.24, 2.45) is 0 Å². The van der Waals surface area contributed by atoms with Gasteiger partial charge >= 0.3 is 0 Å². The number of aromatic nitrogens is 3. The summed E-state index contributed by atoms with van der Waals surface area (Å²) in [4.78, 5) is 9.42. The topological polar surface area (TPSA) is 77.1 Å². The summed E-state index contributed by atoms with van der Waals surface area (Å²) in [5.74, 6) is 0. The number of aliphatic hydroxyl groups excluding tert-OH is 2. The zero-order chi connectivity index (χ0) is 24.1. The molecule has 2 N–H and O–H groups in total. The summed E-state index contributed by atoms with van der Waals surface area (Å²) in [5, 5.41) is 23.4. The summed E-state index contributed by atoms with van der Waals surface area (Å²) in [5.41, 5.74) is 7.94. The molecule has 0 aliphatic carbocycles. The van der Waals surface area contributed by atoms with Crippen molar-refractivity contribution in [2.75, 3.05) is 45.9 Å². The van der Waals surface area contributed by atoms with E-state index in [0.717, 1.165) is 68.3 Å². The molecule has 4 rings (SSSR count). The third kappa shape index (κ3) is 5.91. The Morgan fingerprint density at radius 2 is 1.76 bits per heavy atom. The van der Waals surface area contributed by atoms with Crippen LogP contribution in [-0.2, 0) is 12.8 Å². The molecule has 7 heteroatoms. The molecular formula is C27H37N5O2. The van der Waals surface area contributed by atoms with E-state index in [-0.39, 0.29) is 6.61 Å². The molecule has 7 nitrogen and oxygen atoms in total. The van der Waals surface area contributed by atoms with E-state index in [1.165, 1.54) is 16.7 Å². The van der Waals surface area contributed by atoms with E-state index in [0.29, 0.717) is 6.54 Å². The molecule has 0 amide bonds. The Bertz CT molecular complexity index is 1110. The Labute approximate surface area is 202 Å². The average Bonchev–Trinajstić information content (AvgIpc) is 3.19. The van der Waals surface area contributed by atoms with Gasteiger partial charge in [0.1, 0.15) is 0 Å². The van der Waals surface area contributed by atoms with E-state index < -0.39 is 6.10 Å². The first-order valence-corrected chi connectivity index (χ1v) is 12.3. The number of hydrogen-bond donors (Lipinski definition) is 2. The van der Waals surface area contributed by atoms with Gasteiger partial charge in [-0.2, -0.15) is 5.10 Å². The van der Waals surface area contributed by atoms with Gasteiger partial charge in [-0.15, -0.1) is 0 Å². The average molecular weight is 464 g/mol. The Kier molecular flexibility index (Phi) is 8.11. The maximum absolute atomic E-state index is 9.61. The Balaban J connectivity index is 1.34. The van der Waals surface area contributed by atoms with Gasteiger partial charge in [0, 0.05) is 62.6 Å². The summed E-state index contributed by atoms with van der Waals surface area (Å²) in [7, 11) is 0. The van der Waals surface area contributed by atoms with Crippen LogP contribution in [0.5, 0.6) is 0 Å². The van der Waals surface area contributed by atoms with Crippen LogP contribution in [0.25, 0.3) is 11.7 Å². The van der Waals surface area contributed by atoms with Crippen molar-refractivity contribution in [1.82, 2.24) is 24.4 Å². The van der Waals surface area contributed by atoms with Gasteiger partial charge in [0.05, 0.1) is 18.4 Å². The molecule has 1 aliphatic rings. The molecule has 1 saturated heterocycles. The highest BCUT2D eigenvalue weighted by molar-refractivity contribution is 5.55. The summed E-state index contributed by atoms with van der Waals surface area (Å²) in [6.07, 6.45) is 5.51. The van der Waals surface area contributed by atoms with E-state index in [1.807, 2.05) is 11.4 Å². The zero-order valence-corrected chi connectivity index (χ0v) is 20.6. The number of piperazine rings is 1. The van der Waals surface area contributed by atoms with Gasteiger partial charge in [-0.25, -0.2) is 9.50 Å². The first-order chi connectivity index (χ1) is 16.5. The summed E-state index contributed by atoms with van der Waals surface area (Å²) >= 11 is 0. The maximum atomic E-state index is 9.61. The molecule has 0 spiro atoms. The zero-order valence-electron chi connectivity index (χ0n) is 20.6. The fraction of sp³-hybridized carbons (Fsp3) is 0.481. The lowest BCUT2D eigenvalue weighted by molar-refractivity contribution is 0.0414. The molecule has 2 aromatic heterocycles. The lowest BCUT2D eigenvalue weighted by atomic mass is 10.0. The monoisotopic (exact) mass is 463 g/mol. The standard InChI is InChI=1S/C27H37N5O2/c1-4-26-25(27-28-20(2)16-21(3)32(27)29-26)17-23-9-7-22(8-10-23)6-5-11-30-12-14-31(15-13-30)18-24(34)19-33/h5-10,16,24,33-34H,4,11-15,17-19H2,1-3H3/b6-5+. The molecule has 0 bridgehead atoms. The van der Waals surface area contributed by atoms with Gasteiger partial charge < -0.3 is 10.2 Å². The molecule has 1 unspecified atom stereocenters. The first kappa shape index (κ1) is 24.5. The van der Waals surface area contributed by atoms with Crippen molar-refractivity contribution >= 4 is 11.7 Å². The van der Waals surface area contributed by atoms with Crippen molar-refractivity contribution in [3.05, 3.63) is 70.2 Å². The van der Waals surface area contributed by atoms with Gasteiger partial charge in [-0.1, -0.05) is 43.3 Å². The maximum Gasteiger partial charge on any atom is 0.159 e. The number of rotatable bonds is 9. The van der Waals surface area contributed by atoms with Crippen molar-refractivity contribution in [3.63, 3.8) is 0 Å². The third-order valence-electron chi connectivity index (χ3n) is 6.59. The van der Waals surface area contributed by atoms with E-state index in [2.05, 4.69) is 66.1 Å². The lowest BCUT2D eigenvalue weighted by Crippen LogP contribution is -2.48. The smallest absolute Gasteiger partial charge is 0.159 e. The molecule has 0 radical (unpaired) electrons. The highest BCUT2D eigenvalue weighted by atomic mass is 16.3. The number of nitrogens with zero attached hydrogens (tertiary/aromatic N) is 5. The van der Waals surface area contributed by atoms with Crippen LogP contribution in [0.3, 0.4) is 0 Å². The van der Waals surface area contributed by atoms with Gasteiger partial charge in [0.15, 0.2) is 5.65 Å². The molecule has 0 saturated carbocycles. The number of β-amino-alcohol motifs (C(OH)–C–C–N with tert-alkyl or cyclic N) is 1. The summed E-state index contributed by atoms with van der Waals surface area (Å²) < 4.78 is 1.98. The second kappa shape index (κ2) is 11.2. The van der Waals surface area contributed by atoms with Crippen molar-refractivity contribution in [2.45, 2.75) is 39.7 Å². The second-order valence-corrected chi connectivity index (χ2v) is 9.31. The fourth-order valence-electron chi connectivity index (χ4n) is 4.67. The van der Waals surface area contributed by atoms with E-state index in [1.54, 1.807) is 0 Å². The molecule has 34 heavy (non-hydrogen) atoms. The van der Waals surface area contributed by atoms with Crippen LogP contribution in [0.4, 0.5) is 0 Å². The minimum Gasteiger partial charge on any atom is -0.394 e. The highest BCUT2D eigenvalue weighted by Crippen LogP contribution is 2.21. The predicted octanol–water partition coefficient (Wildman–Crippen LogP) is 2.48. The highest BCUT2D eigenvalue weighted by Gasteiger charge is 2.18. The summed E-state index contributed by atoms with van der Waals surface area (Å²) in [6.45, 7) is 11.4. The first-order valence-electron chi connectivity index (χ1n) is 12.3. The summed E-state index contributed by atoms with van der Waals surface area (Å²) in [6, 6.07) is 10.8. The molecule has 3 heterocycles. The second-order valence-electron chi connectivity index (χ2n) is 9.31. The van der Waals surface area contributed by atoms with Crippen LogP contribution in [0.15, 0.2) is 36.4 Å². The van der Waals surface area contributed by atoms with Gasteiger partial charge in [-0.05, 0) is 37.5 Å².